The number of carbonyl (C=O) groups excluding carboxylic acids is 1. The van der Waals surface area contributed by atoms with Crippen LogP contribution in [0.5, 0.6) is 0 Å². The molecule has 0 aliphatic heterocycles. The highest BCUT2D eigenvalue weighted by Gasteiger charge is 2.15. The topological polar surface area (TPSA) is 58.6 Å². The van der Waals surface area contributed by atoms with Crippen LogP contribution in [0.25, 0.3) is 11.4 Å². The van der Waals surface area contributed by atoms with Gasteiger partial charge in [0.05, 0.1) is 11.3 Å². The first-order chi connectivity index (χ1) is 11.1. The number of benzene rings is 2. The van der Waals surface area contributed by atoms with Crippen molar-refractivity contribution in [3.8, 4) is 11.4 Å². The average molecular weight is 331 g/mol. The Morgan fingerprint density at radius 3 is 2.70 bits per heavy atom. The normalized spacial score (nSPS) is 10.7. The lowest BCUT2D eigenvalue weighted by atomic mass is 10.1. The van der Waals surface area contributed by atoms with Crippen molar-refractivity contribution in [2.45, 2.75) is 5.16 Å². The summed E-state index contributed by atoms with van der Waals surface area (Å²) >= 11 is 1.06. The lowest BCUT2D eigenvalue weighted by molar-refractivity contribution is 0.101. The first-order valence-electron chi connectivity index (χ1n) is 6.72. The maximum atomic E-state index is 13.5. The van der Waals surface area contributed by atoms with E-state index in [1.807, 2.05) is 30.3 Å². The van der Waals surface area contributed by atoms with Gasteiger partial charge in [0.15, 0.2) is 11.6 Å². The number of hydrogen-bond acceptors (Lipinski definition) is 4. The molecule has 1 aromatic heterocycles. The van der Waals surface area contributed by atoms with E-state index in [-0.39, 0.29) is 11.3 Å². The number of nitrogens with one attached hydrogen (secondary N) is 1. The fraction of sp³-hybridized carbons (Fsp3) is 0.0625. The highest BCUT2D eigenvalue weighted by Crippen LogP contribution is 2.20. The molecular weight excluding hydrogens is 320 g/mol. The summed E-state index contributed by atoms with van der Waals surface area (Å²) in [6, 6.07) is 12.2. The van der Waals surface area contributed by atoms with Crippen LogP contribution >= 0.6 is 11.8 Å². The number of aromatic nitrogens is 3. The molecule has 0 aliphatic carbocycles. The Morgan fingerprint density at radius 2 is 1.91 bits per heavy atom. The van der Waals surface area contributed by atoms with Crippen molar-refractivity contribution < 1.29 is 13.6 Å². The molecule has 7 heteroatoms. The fourth-order valence-electron chi connectivity index (χ4n) is 1.96. The van der Waals surface area contributed by atoms with Gasteiger partial charge in [-0.2, -0.15) is 0 Å². The quantitative estimate of drug-likeness (QED) is 0.572. The average Bonchev–Trinajstić information content (AvgIpc) is 3.05. The number of hydrogen-bond donors (Lipinski definition) is 1. The molecule has 0 unspecified atom stereocenters. The lowest BCUT2D eigenvalue weighted by Crippen LogP contribution is -2.06. The minimum atomic E-state index is -0.739. The van der Waals surface area contributed by atoms with Crippen LogP contribution in [-0.4, -0.2) is 26.7 Å². The van der Waals surface area contributed by atoms with Crippen molar-refractivity contribution in [2.24, 2.45) is 0 Å². The number of H-pyrrole nitrogens is 1. The van der Waals surface area contributed by atoms with Gasteiger partial charge in [0, 0.05) is 5.56 Å². The van der Waals surface area contributed by atoms with Crippen LogP contribution in [0.3, 0.4) is 0 Å². The largest absolute Gasteiger partial charge is 0.293 e. The molecule has 116 valence electrons. The van der Waals surface area contributed by atoms with Crippen molar-refractivity contribution in [2.75, 3.05) is 5.75 Å². The second-order valence-electron chi connectivity index (χ2n) is 4.67. The molecule has 0 radical (unpaired) electrons. The molecule has 4 nitrogen and oxygen atoms in total. The predicted octanol–water partition coefficient (Wildman–Crippen LogP) is 3.72. The third-order valence-electron chi connectivity index (χ3n) is 3.07. The van der Waals surface area contributed by atoms with Crippen molar-refractivity contribution in [1.82, 2.24) is 15.2 Å². The van der Waals surface area contributed by atoms with Gasteiger partial charge in [-0.05, 0) is 18.2 Å². The van der Waals surface area contributed by atoms with E-state index in [2.05, 4.69) is 15.2 Å². The van der Waals surface area contributed by atoms with Crippen molar-refractivity contribution in [3.63, 3.8) is 0 Å². The molecule has 1 heterocycles. The summed E-state index contributed by atoms with van der Waals surface area (Å²) in [5.74, 6) is -1.40. The van der Waals surface area contributed by atoms with Crippen molar-refractivity contribution in [1.29, 1.82) is 0 Å². The van der Waals surface area contributed by atoms with Crippen molar-refractivity contribution in [3.05, 3.63) is 65.7 Å². The van der Waals surface area contributed by atoms with Gasteiger partial charge in [-0.15, -0.1) is 5.10 Å². The molecule has 23 heavy (non-hydrogen) atoms. The Hall–Kier alpha value is -2.54. The third-order valence-corrected chi connectivity index (χ3v) is 3.92. The summed E-state index contributed by atoms with van der Waals surface area (Å²) in [5.41, 5.74) is 0.602. The smallest absolute Gasteiger partial charge is 0.209 e. The zero-order valence-corrected chi connectivity index (χ0v) is 12.6. The van der Waals surface area contributed by atoms with Gasteiger partial charge >= 0.3 is 0 Å². The summed E-state index contributed by atoms with van der Waals surface area (Å²) in [5, 5.41) is 7.15. The second kappa shape index (κ2) is 6.70. The molecule has 0 fully saturated rings. The van der Waals surface area contributed by atoms with E-state index >= 15 is 0 Å². The number of rotatable bonds is 5. The van der Waals surface area contributed by atoms with E-state index in [4.69, 9.17) is 0 Å². The Labute approximate surface area is 135 Å². The molecular formula is C16H11F2N3OS. The number of nitrogens with zero attached hydrogens (tertiary/aromatic N) is 2. The molecule has 0 atom stereocenters. The van der Waals surface area contributed by atoms with E-state index in [0.717, 1.165) is 35.5 Å². The van der Waals surface area contributed by atoms with Crippen LogP contribution in [0.4, 0.5) is 8.78 Å². The van der Waals surface area contributed by atoms with Crippen LogP contribution < -0.4 is 0 Å². The molecule has 0 saturated heterocycles. The van der Waals surface area contributed by atoms with Gasteiger partial charge in [-0.3, -0.25) is 9.89 Å². The molecule has 0 amide bonds. The minimum Gasteiger partial charge on any atom is -0.293 e. The molecule has 0 saturated carbocycles. The highest BCUT2D eigenvalue weighted by molar-refractivity contribution is 7.99. The molecule has 1 N–H and O–H groups in total. The standard InChI is InChI=1S/C16H11F2N3OS/c17-11-6-7-13(18)12(8-11)14(22)9-23-16-19-15(20-21-16)10-4-2-1-3-5-10/h1-8H,9H2,(H,19,20,21). The van der Waals surface area contributed by atoms with E-state index < -0.39 is 17.4 Å². The first kappa shape index (κ1) is 15.4. The Morgan fingerprint density at radius 1 is 1.13 bits per heavy atom. The van der Waals surface area contributed by atoms with Gasteiger partial charge in [-0.25, -0.2) is 13.8 Å². The zero-order chi connectivity index (χ0) is 16.2. The molecule has 2 aromatic carbocycles. The van der Waals surface area contributed by atoms with Gasteiger partial charge in [-0.1, -0.05) is 42.1 Å². The van der Waals surface area contributed by atoms with Crippen molar-refractivity contribution >= 4 is 17.5 Å². The Bertz CT molecular complexity index is 836. The zero-order valence-electron chi connectivity index (χ0n) is 11.8. The number of Topliss-reactive ketones (excluding diaryl/α,β-unsaturated/α-hetero) is 1. The number of aromatic amines is 1. The fourth-order valence-corrected chi connectivity index (χ4v) is 2.64. The molecule has 3 aromatic rings. The number of thioether (sulfide) groups is 1. The first-order valence-corrected chi connectivity index (χ1v) is 7.71. The lowest BCUT2D eigenvalue weighted by Gasteiger charge is -2.01. The van der Waals surface area contributed by atoms with E-state index in [9.17, 15) is 13.6 Å². The summed E-state index contributed by atoms with van der Waals surface area (Å²) < 4.78 is 26.6. The molecule has 0 aliphatic rings. The maximum absolute atomic E-state index is 13.5. The maximum Gasteiger partial charge on any atom is 0.209 e. The van der Waals surface area contributed by atoms with Gasteiger partial charge < -0.3 is 0 Å². The third kappa shape index (κ3) is 3.62. The van der Waals surface area contributed by atoms with E-state index in [1.165, 1.54) is 0 Å². The SMILES string of the molecule is O=C(CSc1n[nH]c(-c2ccccc2)n1)c1cc(F)ccc1F. The van der Waals surface area contributed by atoms with Gasteiger partial charge in [0.1, 0.15) is 11.6 Å². The van der Waals surface area contributed by atoms with E-state index in [0.29, 0.717) is 11.0 Å². The summed E-state index contributed by atoms with van der Waals surface area (Å²) in [6.45, 7) is 0. The van der Waals surface area contributed by atoms with Gasteiger partial charge in [0.25, 0.3) is 0 Å². The monoisotopic (exact) mass is 331 g/mol. The van der Waals surface area contributed by atoms with Crippen LogP contribution in [0, 0.1) is 11.6 Å². The highest BCUT2D eigenvalue weighted by atomic mass is 32.2. The van der Waals surface area contributed by atoms with Crippen LogP contribution in [0.2, 0.25) is 0 Å². The molecule has 0 spiro atoms. The number of ketones is 1. The van der Waals surface area contributed by atoms with Crippen LogP contribution in [0.1, 0.15) is 10.4 Å². The van der Waals surface area contributed by atoms with Gasteiger partial charge in [0.2, 0.25) is 5.16 Å². The summed E-state index contributed by atoms with van der Waals surface area (Å²) in [6.07, 6.45) is 0. The van der Waals surface area contributed by atoms with Crippen LogP contribution in [0.15, 0.2) is 53.7 Å². The Kier molecular flexibility index (Phi) is 4.47. The van der Waals surface area contributed by atoms with E-state index in [1.54, 1.807) is 0 Å². The molecule has 3 rings (SSSR count). The number of halogens is 2. The Balaban J connectivity index is 1.68. The summed E-state index contributed by atoms with van der Waals surface area (Å²) in [4.78, 5) is 16.2. The minimum absolute atomic E-state index is 0.0769. The second-order valence-corrected chi connectivity index (χ2v) is 5.61. The van der Waals surface area contributed by atoms with Crippen LogP contribution in [-0.2, 0) is 0 Å². The summed E-state index contributed by atoms with van der Waals surface area (Å²) in [7, 11) is 0. The molecule has 0 bridgehead atoms. The predicted molar refractivity (Wildman–Crippen MR) is 83.2 cm³/mol. The number of carbonyl (C=O) groups is 1.